The van der Waals surface area contributed by atoms with Crippen LogP contribution >= 0.6 is 0 Å². The summed E-state index contributed by atoms with van der Waals surface area (Å²) in [5.74, 6) is -0.236. The van der Waals surface area contributed by atoms with Crippen LogP contribution in [0.1, 0.15) is 38.2 Å². The number of carbonyl (C=O) groups excluding carboxylic acids is 2. The smallest absolute Gasteiger partial charge is 0.410 e. The molecular weight excluding hydrogens is 418 g/mol. The van der Waals surface area contributed by atoms with Gasteiger partial charge in [-0.1, -0.05) is 36.9 Å². The molecule has 2 fully saturated rings. The van der Waals surface area contributed by atoms with E-state index in [1.165, 1.54) is 6.08 Å². The summed E-state index contributed by atoms with van der Waals surface area (Å²) in [5, 5.41) is 2.35. The van der Waals surface area contributed by atoms with Gasteiger partial charge in [0.25, 0.3) is 0 Å². The van der Waals surface area contributed by atoms with Crippen LogP contribution in [0.25, 0.3) is 0 Å². The van der Waals surface area contributed by atoms with E-state index in [1.54, 1.807) is 9.21 Å². The van der Waals surface area contributed by atoms with E-state index in [4.69, 9.17) is 4.74 Å². The molecule has 9 heteroatoms. The van der Waals surface area contributed by atoms with Gasteiger partial charge < -0.3 is 15.0 Å². The highest BCUT2D eigenvalue weighted by Gasteiger charge is 2.40. The molecule has 0 aromatic heterocycles. The maximum atomic E-state index is 13.2. The Morgan fingerprint density at radius 3 is 2.45 bits per heavy atom. The average molecular weight is 450 g/mol. The fourth-order valence-corrected chi connectivity index (χ4v) is 6.40. The molecule has 2 saturated heterocycles. The zero-order valence-corrected chi connectivity index (χ0v) is 18.7. The third-order valence-corrected chi connectivity index (χ3v) is 8.51. The highest BCUT2D eigenvalue weighted by Crippen LogP contribution is 2.28. The predicted molar refractivity (Wildman–Crippen MR) is 118 cm³/mol. The van der Waals surface area contributed by atoms with E-state index in [0.29, 0.717) is 45.3 Å². The molecule has 0 aliphatic carbocycles. The minimum Gasteiger partial charge on any atom is -0.445 e. The number of amides is 2. The Hall–Kier alpha value is -2.39. The van der Waals surface area contributed by atoms with Crippen LogP contribution in [0.4, 0.5) is 4.79 Å². The summed E-state index contributed by atoms with van der Waals surface area (Å²) in [6.45, 7) is 6.62. The third-order valence-electron chi connectivity index (χ3n) is 6.00. The maximum absolute atomic E-state index is 13.2. The molecule has 1 aromatic carbocycles. The summed E-state index contributed by atoms with van der Waals surface area (Å²) < 4.78 is 33.3. The van der Waals surface area contributed by atoms with Crippen LogP contribution in [0.3, 0.4) is 0 Å². The number of carbonyl (C=O) groups is 2. The van der Waals surface area contributed by atoms with Crippen molar-refractivity contribution in [2.45, 2.75) is 56.5 Å². The molecule has 31 heavy (non-hydrogen) atoms. The lowest BCUT2D eigenvalue weighted by molar-refractivity contribution is -0.117. The molecule has 0 radical (unpaired) electrons. The Morgan fingerprint density at radius 1 is 1.16 bits per heavy atom. The number of rotatable bonds is 6. The Labute approximate surface area is 184 Å². The second kappa shape index (κ2) is 10.3. The Morgan fingerprint density at radius 2 is 1.84 bits per heavy atom. The van der Waals surface area contributed by atoms with Crippen molar-refractivity contribution in [3.63, 3.8) is 0 Å². The number of benzene rings is 1. The lowest BCUT2D eigenvalue weighted by atomic mass is 10.0. The van der Waals surface area contributed by atoms with E-state index in [1.807, 2.05) is 37.3 Å². The summed E-state index contributed by atoms with van der Waals surface area (Å²) in [7, 11) is -3.47. The van der Waals surface area contributed by atoms with Gasteiger partial charge in [0.05, 0.1) is 5.25 Å². The Kier molecular flexibility index (Phi) is 7.72. The lowest BCUT2D eigenvalue weighted by Crippen LogP contribution is -2.54. The van der Waals surface area contributed by atoms with Gasteiger partial charge in [0.15, 0.2) is 0 Å². The summed E-state index contributed by atoms with van der Waals surface area (Å²) in [6, 6.07) is 9.21. The van der Waals surface area contributed by atoms with E-state index >= 15 is 0 Å². The van der Waals surface area contributed by atoms with Gasteiger partial charge in [-0.25, -0.2) is 13.2 Å². The first-order valence-corrected chi connectivity index (χ1v) is 12.2. The van der Waals surface area contributed by atoms with E-state index in [0.717, 1.165) is 5.56 Å². The molecule has 8 nitrogen and oxygen atoms in total. The molecule has 2 heterocycles. The van der Waals surface area contributed by atoms with Gasteiger partial charge in [-0.2, -0.15) is 4.31 Å². The fourth-order valence-electron chi connectivity index (χ4n) is 4.26. The van der Waals surface area contributed by atoms with Gasteiger partial charge in [0.1, 0.15) is 6.61 Å². The van der Waals surface area contributed by atoms with Crippen LogP contribution in [0, 0.1) is 0 Å². The van der Waals surface area contributed by atoms with Crippen molar-refractivity contribution in [1.82, 2.24) is 14.5 Å². The zero-order valence-electron chi connectivity index (χ0n) is 17.9. The molecule has 170 valence electrons. The fraction of sp³-hybridized carbons (Fsp3) is 0.545. The molecule has 1 aromatic rings. The van der Waals surface area contributed by atoms with E-state index < -0.39 is 21.4 Å². The monoisotopic (exact) mass is 449 g/mol. The Balaban J connectivity index is 1.49. The first-order valence-electron chi connectivity index (χ1n) is 10.7. The number of likely N-dealkylation sites (tertiary alicyclic amines) is 1. The minimum atomic E-state index is -3.47. The second-order valence-electron chi connectivity index (χ2n) is 8.17. The number of hydrogen-bond acceptors (Lipinski definition) is 5. The third kappa shape index (κ3) is 5.86. The van der Waals surface area contributed by atoms with Gasteiger partial charge in [-0.15, -0.1) is 0 Å². The van der Waals surface area contributed by atoms with Gasteiger partial charge in [-0.3, -0.25) is 4.79 Å². The normalized spacial score (nSPS) is 23.2. The molecule has 2 unspecified atom stereocenters. The molecule has 0 bridgehead atoms. The molecule has 3 rings (SSSR count). The van der Waals surface area contributed by atoms with Crippen LogP contribution in [0.5, 0.6) is 0 Å². The van der Waals surface area contributed by atoms with Crippen molar-refractivity contribution >= 4 is 22.0 Å². The van der Waals surface area contributed by atoms with Crippen molar-refractivity contribution in [3.8, 4) is 0 Å². The number of hydrogen-bond donors (Lipinski definition) is 1. The summed E-state index contributed by atoms with van der Waals surface area (Å²) in [5.41, 5.74) is 0.912. The molecule has 1 N–H and O–H groups in total. The van der Waals surface area contributed by atoms with Gasteiger partial charge in [0, 0.05) is 31.7 Å². The average Bonchev–Trinajstić information content (AvgIpc) is 2.78. The maximum Gasteiger partial charge on any atom is 0.410 e. The van der Waals surface area contributed by atoms with E-state index in [-0.39, 0.29) is 24.6 Å². The first kappa shape index (κ1) is 23.3. The van der Waals surface area contributed by atoms with Crippen LogP contribution in [-0.4, -0.2) is 66.6 Å². The van der Waals surface area contributed by atoms with E-state index in [9.17, 15) is 18.0 Å². The topological polar surface area (TPSA) is 96.0 Å². The SMILES string of the molecule is C=CC(=O)NC1CCN(S(=O)(=O)C2CCN(C(=O)OCc3ccccc3)CC2)C(C)C1. The molecule has 0 spiro atoms. The molecule has 0 saturated carbocycles. The van der Waals surface area contributed by atoms with Crippen molar-refractivity contribution in [1.29, 1.82) is 0 Å². The van der Waals surface area contributed by atoms with Gasteiger partial charge in [-0.05, 0) is 44.2 Å². The van der Waals surface area contributed by atoms with Crippen LogP contribution in [-0.2, 0) is 26.2 Å². The molecule has 2 amide bonds. The minimum absolute atomic E-state index is 0.0480. The van der Waals surface area contributed by atoms with E-state index in [2.05, 4.69) is 11.9 Å². The molecular formula is C22H31N3O5S. The van der Waals surface area contributed by atoms with Gasteiger partial charge in [0.2, 0.25) is 15.9 Å². The largest absolute Gasteiger partial charge is 0.445 e. The first-order chi connectivity index (χ1) is 14.8. The van der Waals surface area contributed by atoms with Crippen molar-refractivity contribution in [2.24, 2.45) is 0 Å². The van der Waals surface area contributed by atoms with Gasteiger partial charge >= 0.3 is 6.09 Å². The number of sulfonamides is 1. The standard InChI is InChI=1S/C22H31N3O5S/c1-3-21(26)23-19-9-14-25(17(2)15-19)31(28,29)20-10-12-24(13-11-20)22(27)30-16-18-7-5-4-6-8-18/h3-8,17,19-20H,1,9-16H2,2H3,(H,23,26). The summed E-state index contributed by atoms with van der Waals surface area (Å²) >= 11 is 0. The number of piperidine rings is 2. The molecule has 2 aliphatic rings. The quantitative estimate of drug-likeness (QED) is 0.672. The van der Waals surface area contributed by atoms with Crippen LogP contribution in [0.15, 0.2) is 43.0 Å². The highest BCUT2D eigenvalue weighted by atomic mass is 32.2. The summed E-state index contributed by atoms with van der Waals surface area (Å²) in [4.78, 5) is 25.4. The number of nitrogens with one attached hydrogen (secondary N) is 1. The zero-order chi connectivity index (χ0) is 22.4. The molecule has 2 aliphatic heterocycles. The van der Waals surface area contributed by atoms with Crippen LogP contribution < -0.4 is 5.32 Å². The van der Waals surface area contributed by atoms with Crippen LogP contribution in [0.2, 0.25) is 0 Å². The lowest BCUT2D eigenvalue weighted by Gasteiger charge is -2.40. The number of ether oxygens (including phenoxy) is 1. The van der Waals surface area contributed by atoms with Crippen molar-refractivity contribution in [2.75, 3.05) is 19.6 Å². The predicted octanol–water partition coefficient (Wildman–Crippen LogP) is 2.27. The Bertz CT molecular complexity index is 882. The number of nitrogens with zero attached hydrogens (tertiary/aromatic N) is 2. The highest BCUT2D eigenvalue weighted by molar-refractivity contribution is 7.89. The summed E-state index contributed by atoms with van der Waals surface area (Å²) in [6.07, 6.45) is 2.75. The molecule has 2 atom stereocenters. The second-order valence-corrected chi connectivity index (χ2v) is 10.3. The van der Waals surface area contributed by atoms with Crippen molar-refractivity contribution in [3.05, 3.63) is 48.6 Å². The van der Waals surface area contributed by atoms with Crippen molar-refractivity contribution < 1.29 is 22.7 Å².